The predicted octanol–water partition coefficient (Wildman–Crippen LogP) is 0.0122. The fraction of sp³-hybridized carbons (Fsp3) is 0.556. The van der Waals surface area contributed by atoms with E-state index in [9.17, 15) is 4.79 Å². The van der Waals surface area contributed by atoms with E-state index >= 15 is 0 Å². The number of hydrogen-bond donors (Lipinski definition) is 2. The van der Waals surface area contributed by atoms with Crippen LogP contribution in [0.25, 0.3) is 0 Å². The number of carboxylic acid groups (broad SMARTS) is 1. The first-order valence-corrected chi connectivity index (χ1v) is 4.54. The van der Waals surface area contributed by atoms with Crippen LogP contribution in [0.4, 0.5) is 0 Å². The van der Waals surface area contributed by atoms with Gasteiger partial charge >= 0.3 is 5.97 Å². The molecule has 5 nitrogen and oxygen atoms in total. The van der Waals surface area contributed by atoms with E-state index in [0.29, 0.717) is 19.4 Å². The number of aliphatic carboxylic acids is 1. The van der Waals surface area contributed by atoms with Crippen LogP contribution in [-0.2, 0) is 18.3 Å². The SMILES string of the molecule is Cn1cc(CC(CCN)C(=O)O)cn1. The molecule has 0 aromatic carbocycles. The van der Waals surface area contributed by atoms with Gasteiger partial charge in [0.05, 0.1) is 12.1 Å². The summed E-state index contributed by atoms with van der Waals surface area (Å²) in [4.78, 5) is 10.8. The van der Waals surface area contributed by atoms with E-state index in [0.717, 1.165) is 5.56 Å². The maximum atomic E-state index is 10.8. The Balaban J connectivity index is 2.59. The second-order valence-corrected chi connectivity index (χ2v) is 3.34. The molecule has 0 fully saturated rings. The lowest BCUT2D eigenvalue weighted by molar-refractivity contribution is -0.141. The summed E-state index contributed by atoms with van der Waals surface area (Å²) in [6, 6.07) is 0. The van der Waals surface area contributed by atoms with Gasteiger partial charge in [-0.3, -0.25) is 9.48 Å². The predicted molar refractivity (Wildman–Crippen MR) is 51.7 cm³/mol. The van der Waals surface area contributed by atoms with Crippen LogP contribution in [0.3, 0.4) is 0 Å². The van der Waals surface area contributed by atoms with Gasteiger partial charge in [0, 0.05) is 13.2 Å². The molecule has 0 saturated carbocycles. The van der Waals surface area contributed by atoms with Gasteiger partial charge in [0.15, 0.2) is 0 Å². The molecule has 0 aliphatic heterocycles. The number of aromatic nitrogens is 2. The van der Waals surface area contributed by atoms with Gasteiger partial charge in [-0.15, -0.1) is 0 Å². The summed E-state index contributed by atoms with van der Waals surface area (Å²) in [7, 11) is 1.81. The topological polar surface area (TPSA) is 81.1 Å². The smallest absolute Gasteiger partial charge is 0.306 e. The van der Waals surface area contributed by atoms with E-state index in [1.807, 2.05) is 13.2 Å². The highest BCUT2D eigenvalue weighted by Crippen LogP contribution is 2.11. The first kappa shape index (κ1) is 10.7. The van der Waals surface area contributed by atoms with Crippen LogP contribution in [0.1, 0.15) is 12.0 Å². The Hall–Kier alpha value is -1.36. The number of hydrogen-bond acceptors (Lipinski definition) is 3. The zero-order valence-corrected chi connectivity index (χ0v) is 8.18. The molecule has 5 heteroatoms. The molecule has 1 heterocycles. The van der Waals surface area contributed by atoms with Crippen molar-refractivity contribution in [3.05, 3.63) is 18.0 Å². The van der Waals surface area contributed by atoms with Crippen molar-refractivity contribution >= 4 is 5.97 Å². The second-order valence-electron chi connectivity index (χ2n) is 3.34. The van der Waals surface area contributed by atoms with Crippen molar-refractivity contribution in [3.8, 4) is 0 Å². The molecule has 1 aromatic heterocycles. The van der Waals surface area contributed by atoms with E-state index < -0.39 is 11.9 Å². The summed E-state index contributed by atoms with van der Waals surface area (Å²) in [6.45, 7) is 0.400. The summed E-state index contributed by atoms with van der Waals surface area (Å²) < 4.78 is 1.66. The quantitative estimate of drug-likeness (QED) is 0.696. The highest BCUT2D eigenvalue weighted by Gasteiger charge is 2.17. The lowest BCUT2D eigenvalue weighted by Gasteiger charge is -2.08. The summed E-state index contributed by atoms with van der Waals surface area (Å²) in [6.07, 6.45) is 4.52. The molecule has 0 spiro atoms. The van der Waals surface area contributed by atoms with Crippen molar-refractivity contribution in [3.63, 3.8) is 0 Å². The standard InChI is InChI=1S/C9H15N3O2/c1-12-6-7(5-11-12)4-8(2-3-10)9(13)14/h5-6,8H,2-4,10H2,1H3,(H,13,14). The number of rotatable bonds is 5. The van der Waals surface area contributed by atoms with Crippen molar-refractivity contribution in [2.75, 3.05) is 6.54 Å². The first-order chi connectivity index (χ1) is 6.63. The third-order valence-electron chi connectivity index (χ3n) is 2.10. The molecule has 3 N–H and O–H groups in total. The van der Waals surface area contributed by atoms with E-state index in [1.165, 1.54) is 0 Å². The zero-order valence-electron chi connectivity index (χ0n) is 8.18. The highest BCUT2D eigenvalue weighted by molar-refractivity contribution is 5.70. The minimum atomic E-state index is -0.792. The van der Waals surface area contributed by atoms with Crippen LogP contribution < -0.4 is 5.73 Å². The van der Waals surface area contributed by atoms with Gasteiger partial charge in [-0.05, 0) is 24.9 Å². The zero-order chi connectivity index (χ0) is 10.6. The number of carbonyl (C=O) groups is 1. The minimum absolute atomic E-state index is 0.399. The molecule has 0 bridgehead atoms. The van der Waals surface area contributed by atoms with Crippen molar-refractivity contribution < 1.29 is 9.90 Å². The average molecular weight is 197 g/mol. The molecule has 0 amide bonds. The molecule has 1 rings (SSSR count). The Kier molecular flexibility index (Phi) is 3.64. The number of carboxylic acids is 1. The van der Waals surface area contributed by atoms with Crippen LogP contribution in [0, 0.1) is 5.92 Å². The third kappa shape index (κ3) is 2.85. The van der Waals surface area contributed by atoms with Crippen LogP contribution in [-0.4, -0.2) is 27.4 Å². The molecular formula is C9H15N3O2. The summed E-state index contributed by atoms with van der Waals surface area (Å²) >= 11 is 0. The number of nitrogens with zero attached hydrogens (tertiary/aromatic N) is 2. The monoisotopic (exact) mass is 197 g/mol. The van der Waals surface area contributed by atoms with Gasteiger partial charge in [0.2, 0.25) is 0 Å². The third-order valence-corrected chi connectivity index (χ3v) is 2.10. The maximum Gasteiger partial charge on any atom is 0.306 e. The fourth-order valence-electron chi connectivity index (χ4n) is 1.38. The lowest BCUT2D eigenvalue weighted by atomic mass is 9.98. The highest BCUT2D eigenvalue weighted by atomic mass is 16.4. The average Bonchev–Trinajstić information content (AvgIpc) is 2.50. The largest absolute Gasteiger partial charge is 0.481 e. The van der Waals surface area contributed by atoms with Crippen molar-refractivity contribution in [1.29, 1.82) is 0 Å². The van der Waals surface area contributed by atoms with E-state index in [1.54, 1.807) is 10.9 Å². The molecule has 1 aromatic rings. The van der Waals surface area contributed by atoms with Crippen molar-refractivity contribution in [1.82, 2.24) is 9.78 Å². The Morgan fingerprint density at radius 2 is 2.50 bits per heavy atom. The summed E-state index contributed by atoms with van der Waals surface area (Å²) in [5.41, 5.74) is 6.28. The van der Waals surface area contributed by atoms with Crippen LogP contribution >= 0.6 is 0 Å². The molecule has 1 atom stereocenters. The molecule has 78 valence electrons. The second kappa shape index (κ2) is 4.76. The van der Waals surface area contributed by atoms with Crippen LogP contribution in [0.5, 0.6) is 0 Å². The normalized spacial score (nSPS) is 12.7. The Morgan fingerprint density at radius 1 is 1.79 bits per heavy atom. The van der Waals surface area contributed by atoms with Gasteiger partial charge in [0.1, 0.15) is 0 Å². The summed E-state index contributed by atoms with van der Waals surface area (Å²) in [5.74, 6) is -1.19. The maximum absolute atomic E-state index is 10.8. The van der Waals surface area contributed by atoms with E-state index in [-0.39, 0.29) is 0 Å². The van der Waals surface area contributed by atoms with Gasteiger partial charge in [-0.1, -0.05) is 0 Å². The summed E-state index contributed by atoms with van der Waals surface area (Å²) in [5, 5.41) is 12.9. The number of aryl methyl sites for hydroxylation is 1. The van der Waals surface area contributed by atoms with Gasteiger partial charge in [-0.2, -0.15) is 5.10 Å². The van der Waals surface area contributed by atoms with Crippen molar-refractivity contribution in [2.24, 2.45) is 18.7 Å². The van der Waals surface area contributed by atoms with Gasteiger partial charge < -0.3 is 10.8 Å². The molecule has 1 unspecified atom stereocenters. The molecule has 0 saturated heterocycles. The van der Waals surface area contributed by atoms with Crippen molar-refractivity contribution in [2.45, 2.75) is 12.8 Å². The molecule has 0 aliphatic rings. The van der Waals surface area contributed by atoms with E-state index in [4.69, 9.17) is 10.8 Å². The molecule has 14 heavy (non-hydrogen) atoms. The molecular weight excluding hydrogens is 182 g/mol. The van der Waals surface area contributed by atoms with Gasteiger partial charge in [0.25, 0.3) is 0 Å². The number of nitrogens with two attached hydrogens (primary N) is 1. The Morgan fingerprint density at radius 3 is 2.93 bits per heavy atom. The molecule has 0 aliphatic carbocycles. The lowest BCUT2D eigenvalue weighted by Crippen LogP contribution is -2.20. The van der Waals surface area contributed by atoms with E-state index in [2.05, 4.69) is 5.10 Å². The Labute approximate surface area is 82.5 Å². The van der Waals surface area contributed by atoms with Gasteiger partial charge in [-0.25, -0.2) is 0 Å². The minimum Gasteiger partial charge on any atom is -0.481 e. The Bertz CT molecular complexity index is 309. The molecule has 0 radical (unpaired) electrons. The van der Waals surface area contributed by atoms with Crippen LogP contribution in [0.2, 0.25) is 0 Å². The fourth-order valence-corrected chi connectivity index (χ4v) is 1.38. The van der Waals surface area contributed by atoms with Crippen LogP contribution in [0.15, 0.2) is 12.4 Å². The first-order valence-electron chi connectivity index (χ1n) is 4.54.